The van der Waals surface area contributed by atoms with Crippen LogP contribution in [0.4, 0.5) is 11.4 Å². The molecule has 0 fully saturated rings. The molecule has 0 aliphatic heterocycles. The van der Waals surface area contributed by atoms with Crippen molar-refractivity contribution in [2.24, 2.45) is 5.10 Å². The summed E-state index contributed by atoms with van der Waals surface area (Å²) in [6.45, 7) is 1.76. The summed E-state index contributed by atoms with van der Waals surface area (Å²) in [6, 6.07) is 16.5. The normalized spacial score (nSPS) is 11.8. The molecule has 1 heterocycles. The molecule has 3 aromatic rings. The Bertz CT molecular complexity index is 1110. The van der Waals surface area contributed by atoms with Crippen molar-refractivity contribution in [3.8, 4) is 0 Å². The summed E-state index contributed by atoms with van der Waals surface area (Å²) in [5, 5.41) is 5.77. The number of benzene rings is 2. The van der Waals surface area contributed by atoms with Crippen LogP contribution in [0.3, 0.4) is 0 Å². The Labute approximate surface area is 167 Å². The standard InChI is InChI=1S/C19H18N4O3S2/c1-13(15-4-2-5-16(20)12-15)21-22-19(24)14-7-9-17(10-8-14)23-28(25,26)18-6-3-11-27-18/h2-12,23H,20H2,1H3,(H,22,24)/b21-13-. The van der Waals surface area contributed by atoms with Crippen LogP contribution in [0.2, 0.25) is 0 Å². The highest BCUT2D eigenvalue weighted by atomic mass is 32.2. The van der Waals surface area contributed by atoms with E-state index in [1.807, 2.05) is 12.1 Å². The molecule has 0 spiro atoms. The smallest absolute Gasteiger partial charge is 0.271 e. The fourth-order valence-corrected chi connectivity index (χ4v) is 4.39. The second-order valence-corrected chi connectivity index (χ2v) is 8.74. The van der Waals surface area contributed by atoms with E-state index < -0.39 is 15.9 Å². The Morgan fingerprint density at radius 1 is 1.04 bits per heavy atom. The van der Waals surface area contributed by atoms with Gasteiger partial charge in [0, 0.05) is 16.9 Å². The first-order valence-electron chi connectivity index (χ1n) is 8.22. The average Bonchev–Trinajstić information content (AvgIpc) is 3.22. The zero-order chi connectivity index (χ0) is 20.1. The topological polar surface area (TPSA) is 114 Å². The van der Waals surface area contributed by atoms with Gasteiger partial charge in [0.15, 0.2) is 0 Å². The van der Waals surface area contributed by atoms with Gasteiger partial charge in [0.25, 0.3) is 15.9 Å². The van der Waals surface area contributed by atoms with Gasteiger partial charge in [0.05, 0.1) is 5.71 Å². The lowest BCUT2D eigenvalue weighted by Gasteiger charge is -2.07. The zero-order valence-electron chi connectivity index (χ0n) is 14.9. The molecule has 9 heteroatoms. The van der Waals surface area contributed by atoms with Crippen LogP contribution in [-0.4, -0.2) is 20.0 Å². The minimum absolute atomic E-state index is 0.223. The number of sulfonamides is 1. The van der Waals surface area contributed by atoms with Crippen molar-refractivity contribution in [2.75, 3.05) is 10.5 Å². The molecule has 7 nitrogen and oxygen atoms in total. The molecule has 1 amide bonds. The van der Waals surface area contributed by atoms with Crippen LogP contribution >= 0.6 is 11.3 Å². The van der Waals surface area contributed by atoms with Gasteiger partial charge in [-0.3, -0.25) is 9.52 Å². The van der Waals surface area contributed by atoms with E-state index in [-0.39, 0.29) is 4.21 Å². The largest absolute Gasteiger partial charge is 0.399 e. The van der Waals surface area contributed by atoms with Gasteiger partial charge in [-0.1, -0.05) is 18.2 Å². The number of nitrogen functional groups attached to an aromatic ring is 1. The predicted octanol–water partition coefficient (Wildman–Crippen LogP) is 3.29. The van der Waals surface area contributed by atoms with Crippen LogP contribution in [0, 0.1) is 0 Å². The molecule has 0 bridgehead atoms. The Hall–Kier alpha value is -3.17. The van der Waals surface area contributed by atoms with Crippen molar-refractivity contribution in [3.63, 3.8) is 0 Å². The first-order chi connectivity index (χ1) is 13.3. The van der Waals surface area contributed by atoms with Crippen molar-refractivity contribution in [1.29, 1.82) is 0 Å². The van der Waals surface area contributed by atoms with E-state index in [2.05, 4.69) is 15.2 Å². The van der Waals surface area contributed by atoms with Gasteiger partial charge >= 0.3 is 0 Å². The fourth-order valence-electron chi connectivity index (χ4n) is 2.34. The van der Waals surface area contributed by atoms with Crippen LogP contribution in [0.5, 0.6) is 0 Å². The molecule has 3 rings (SSSR count). The molecule has 2 aromatic carbocycles. The van der Waals surface area contributed by atoms with E-state index in [1.165, 1.54) is 30.3 Å². The maximum Gasteiger partial charge on any atom is 0.271 e. The van der Waals surface area contributed by atoms with Crippen LogP contribution in [0.25, 0.3) is 0 Å². The number of rotatable bonds is 6. The third kappa shape index (κ3) is 4.76. The highest BCUT2D eigenvalue weighted by molar-refractivity contribution is 7.94. The molecule has 4 N–H and O–H groups in total. The number of hydrogen-bond acceptors (Lipinski definition) is 6. The number of nitrogens with two attached hydrogens (primary N) is 1. The summed E-state index contributed by atoms with van der Waals surface area (Å²) in [5.74, 6) is -0.407. The molecule has 0 aliphatic rings. The van der Waals surface area contributed by atoms with E-state index in [0.29, 0.717) is 22.6 Å². The van der Waals surface area contributed by atoms with E-state index in [9.17, 15) is 13.2 Å². The Kier molecular flexibility index (Phi) is 5.76. The van der Waals surface area contributed by atoms with Gasteiger partial charge in [-0.25, -0.2) is 13.8 Å². The van der Waals surface area contributed by atoms with Crippen LogP contribution in [0.15, 0.2) is 75.4 Å². The summed E-state index contributed by atoms with van der Waals surface area (Å²) in [7, 11) is -3.62. The SMILES string of the molecule is C/C(=N/NC(=O)c1ccc(NS(=O)(=O)c2cccs2)cc1)c1cccc(N)c1. The molecule has 144 valence electrons. The second kappa shape index (κ2) is 8.24. The summed E-state index contributed by atoms with van der Waals surface area (Å²) in [5.41, 5.74) is 11.0. The van der Waals surface area contributed by atoms with Gasteiger partial charge in [-0.15, -0.1) is 11.3 Å². The molecule has 0 atom stereocenters. The number of carbonyl (C=O) groups is 1. The minimum Gasteiger partial charge on any atom is -0.399 e. The van der Waals surface area contributed by atoms with Crippen molar-refractivity contribution in [1.82, 2.24) is 5.43 Å². The van der Waals surface area contributed by atoms with Crippen molar-refractivity contribution in [3.05, 3.63) is 77.2 Å². The van der Waals surface area contributed by atoms with Gasteiger partial charge in [-0.05, 0) is 60.3 Å². The Balaban J connectivity index is 1.66. The molecular weight excluding hydrogens is 396 g/mol. The minimum atomic E-state index is -3.62. The van der Waals surface area contributed by atoms with Crippen molar-refractivity contribution >= 4 is 44.4 Å². The first kappa shape index (κ1) is 19.6. The number of carbonyl (C=O) groups excluding carboxylic acids is 1. The van der Waals surface area contributed by atoms with E-state index in [4.69, 9.17) is 5.73 Å². The third-order valence-corrected chi connectivity index (χ3v) is 6.57. The molecule has 0 saturated carbocycles. The highest BCUT2D eigenvalue weighted by Gasteiger charge is 2.15. The molecule has 28 heavy (non-hydrogen) atoms. The highest BCUT2D eigenvalue weighted by Crippen LogP contribution is 2.20. The molecule has 0 unspecified atom stereocenters. The number of nitrogens with one attached hydrogen (secondary N) is 2. The predicted molar refractivity (Wildman–Crippen MR) is 112 cm³/mol. The van der Waals surface area contributed by atoms with Crippen LogP contribution < -0.4 is 15.9 Å². The summed E-state index contributed by atoms with van der Waals surface area (Å²) in [4.78, 5) is 12.3. The summed E-state index contributed by atoms with van der Waals surface area (Å²) < 4.78 is 27.1. The van der Waals surface area contributed by atoms with E-state index >= 15 is 0 Å². The summed E-state index contributed by atoms with van der Waals surface area (Å²) >= 11 is 1.13. The van der Waals surface area contributed by atoms with Gasteiger partial charge < -0.3 is 5.73 Å². The lowest BCUT2D eigenvalue weighted by Crippen LogP contribution is -2.19. The zero-order valence-corrected chi connectivity index (χ0v) is 16.5. The average molecular weight is 415 g/mol. The molecule has 1 aromatic heterocycles. The first-order valence-corrected chi connectivity index (χ1v) is 10.6. The van der Waals surface area contributed by atoms with Gasteiger partial charge in [0.2, 0.25) is 0 Å². The lowest BCUT2D eigenvalue weighted by atomic mass is 10.1. The molecule has 0 aliphatic carbocycles. The van der Waals surface area contributed by atoms with E-state index in [0.717, 1.165) is 16.9 Å². The van der Waals surface area contributed by atoms with Crippen LogP contribution in [-0.2, 0) is 10.0 Å². The number of amides is 1. The third-order valence-electron chi connectivity index (χ3n) is 3.79. The van der Waals surface area contributed by atoms with Gasteiger partial charge in [0.1, 0.15) is 4.21 Å². The van der Waals surface area contributed by atoms with Crippen molar-refractivity contribution in [2.45, 2.75) is 11.1 Å². The molecular formula is C19H18N4O3S2. The van der Waals surface area contributed by atoms with Crippen molar-refractivity contribution < 1.29 is 13.2 Å². The van der Waals surface area contributed by atoms with Crippen LogP contribution in [0.1, 0.15) is 22.8 Å². The second-order valence-electron chi connectivity index (χ2n) is 5.88. The van der Waals surface area contributed by atoms with E-state index in [1.54, 1.807) is 30.5 Å². The molecule has 0 radical (unpaired) electrons. The molecule has 0 saturated heterocycles. The number of hydrazone groups is 1. The fraction of sp³-hybridized carbons (Fsp3) is 0.0526. The maximum atomic E-state index is 12.3. The number of thiophene rings is 1. The number of anilines is 2. The lowest BCUT2D eigenvalue weighted by molar-refractivity contribution is 0.0955. The quantitative estimate of drug-likeness (QED) is 0.326. The monoisotopic (exact) mass is 414 g/mol. The Morgan fingerprint density at radius 2 is 1.79 bits per heavy atom. The van der Waals surface area contributed by atoms with Gasteiger partial charge in [-0.2, -0.15) is 5.10 Å². The maximum absolute atomic E-state index is 12.3. The number of nitrogens with zero attached hydrogens (tertiary/aromatic N) is 1. The Morgan fingerprint density at radius 3 is 2.43 bits per heavy atom. The number of hydrogen-bond donors (Lipinski definition) is 3. The summed E-state index contributed by atoms with van der Waals surface area (Å²) in [6.07, 6.45) is 0.